The standard InChI is InChI=1S/C15H22N2O2.C11H12N4/c1-19-15-6-4-5-14(11-15)12-17(13-18)10-9-16-7-2-3-8-16;1-7-4-8-2-3-10(9(5-12)6-13)15-11(8)14-7/h4-6,11,13H,2-3,7-10,12H2,1H3;2-6,12H,13H2,1H3,(H,14,15)/b;9-6+,12-5?. The summed E-state index contributed by atoms with van der Waals surface area (Å²) in [7, 11) is 1.66. The van der Waals surface area contributed by atoms with Gasteiger partial charge < -0.3 is 30.7 Å². The second kappa shape index (κ2) is 12.6. The van der Waals surface area contributed by atoms with E-state index in [4.69, 9.17) is 15.9 Å². The van der Waals surface area contributed by atoms with Crippen molar-refractivity contribution >= 4 is 29.2 Å². The Bertz CT molecular complexity index is 1120. The number of methoxy groups -OCH3 is 1. The lowest BCUT2D eigenvalue weighted by atomic mass is 10.2. The third-order valence-corrected chi connectivity index (χ3v) is 5.82. The molecule has 0 saturated carbocycles. The molecule has 0 atom stereocenters. The summed E-state index contributed by atoms with van der Waals surface area (Å²) < 4.78 is 5.20. The van der Waals surface area contributed by atoms with Crippen LogP contribution in [0.5, 0.6) is 5.75 Å². The van der Waals surface area contributed by atoms with E-state index in [0.717, 1.165) is 47.5 Å². The molecule has 180 valence electrons. The van der Waals surface area contributed by atoms with Crippen LogP contribution in [0.3, 0.4) is 0 Å². The van der Waals surface area contributed by atoms with E-state index < -0.39 is 0 Å². The Morgan fingerprint density at radius 3 is 2.74 bits per heavy atom. The van der Waals surface area contributed by atoms with Gasteiger partial charge in [-0.05, 0) is 68.8 Å². The van der Waals surface area contributed by atoms with Crippen LogP contribution in [0, 0.1) is 12.3 Å². The predicted octanol–water partition coefficient (Wildman–Crippen LogP) is 3.57. The van der Waals surface area contributed by atoms with Crippen molar-refractivity contribution in [3.05, 3.63) is 65.6 Å². The molecule has 0 spiro atoms. The maximum atomic E-state index is 11.1. The molecule has 34 heavy (non-hydrogen) atoms. The molecule has 8 nitrogen and oxygen atoms in total. The van der Waals surface area contributed by atoms with Gasteiger partial charge in [0.2, 0.25) is 6.41 Å². The van der Waals surface area contributed by atoms with Crippen LogP contribution in [0.25, 0.3) is 16.6 Å². The van der Waals surface area contributed by atoms with E-state index in [1.54, 1.807) is 7.11 Å². The first-order chi connectivity index (χ1) is 16.6. The molecule has 1 saturated heterocycles. The Balaban J connectivity index is 0.000000196. The lowest BCUT2D eigenvalue weighted by Crippen LogP contribution is -2.32. The number of allylic oxidation sites excluding steroid dienone is 1. The topological polar surface area (TPSA) is 111 Å². The highest BCUT2D eigenvalue weighted by molar-refractivity contribution is 6.07. The first-order valence-electron chi connectivity index (χ1n) is 11.5. The number of aryl methyl sites for hydroxylation is 1. The van der Waals surface area contributed by atoms with Crippen molar-refractivity contribution in [3.63, 3.8) is 0 Å². The lowest BCUT2D eigenvalue weighted by Gasteiger charge is -2.21. The Morgan fingerprint density at radius 1 is 1.26 bits per heavy atom. The molecular formula is C26H34N6O2. The highest BCUT2D eigenvalue weighted by atomic mass is 16.5. The molecule has 4 N–H and O–H groups in total. The van der Waals surface area contributed by atoms with E-state index in [9.17, 15) is 4.79 Å². The zero-order valence-corrected chi connectivity index (χ0v) is 20.0. The number of nitrogens with zero attached hydrogens (tertiary/aromatic N) is 3. The molecule has 1 aliphatic rings. The first-order valence-corrected chi connectivity index (χ1v) is 11.5. The number of benzene rings is 1. The largest absolute Gasteiger partial charge is 0.497 e. The van der Waals surface area contributed by atoms with Gasteiger partial charge in [-0.3, -0.25) is 4.79 Å². The van der Waals surface area contributed by atoms with Gasteiger partial charge in [0, 0.05) is 48.7 Å². The molecule has 1 aliphatic heterocycles. The van der Waals surface area contributed by atoms with Gasteiger partial charge in [0.25, 0.3) is 0 Å². The number of hydrogen-bond donors (Lipinski definition) is 3. The molecule has 8 heteroatoms. The lowest BCUT2D eigenvalue weighted by molar-refractivity contribution is -0.118. The summed E-state index contributed by atoms with van der Waals surface area (Å²) in [6.07, 6.45) is 6.10. The van der Waals surface area contributed by atoms with Crippen LogP contribution in [0.4, 0.5) is 0 Å². The first kappa shape index (κ1) is 25.0. The number of amides is 1. The molecule has 1 fully saturated rings. The molecule has 1 aromatic carbocycles. The molecule has 2 aromatic heterocycles. The van der Waals surface area contributed by atoms with Gasteiger partial charge in [0.05, 0.1) is 12.8 Å². The number of H-pyrrole nitrogens is 1. The van der Waals surface area contributed by atoms with Gasteiger partial charge in [-0.25, -0.2) is 4.98 Å². The number of ether oxygens (including phenoxy) is 1. The number of aromatic nitrogens is 2. The number of carbonyl (C=O) groups excluding carboxylic acids is 1. The van der Waals surface area contributed by atoms with Gasteiger partial charge in [0.1, 0.15) is 11.4 Å². The second-order valence-electron chi connectivity index (χ2n) is 8.33. The SMILES string of the molecule is COc1cccc(CN(C=O)CCN2CCCC2)c1.Cc1cc2ccc(/C(C=N)=C/N)nc2[nH]1. The van der Waals surface area contributed by atoms with E-state index in [1.165, 1.54) is 38.3 Å². The number of hydrogen-bond acceptors (Lipinski definition) is 6. The van der Waals surface area contributed by atoms with Crippen LogP contribution >= 0.6 is 0 Å². The van der Waals surface area contributed by atoms with Crippen LogP contribution in [0.2, 0.25) is 0 Å². The number of nitrogens with two attached hydrogens (primary N) is 1. The van der Waals surface area contributed by atoms with E-state index in [1.807, 2.05) is 54.3 Å². The third kappa shape index (κ3) is 6.92. The molecule has 0 aliphatic carbocycles. The van der Waals surface area contributed by atoms with Gasteiger partial charge in [0.15, 0.2) is 0 Å². The number of likely N-dealkylation sites (tertiary alicyclic amines) is 1. The van der Waals surface area contributed by atoms with Crippen LogP contribution < -0.4 is 10.5 Å². The summed E-state index contributed by atoms with van der Waals surface area (Å²) in [6, 6.07) is 13.7. The fourth-order valence-electron chi connectivity index (χ4n) is 3.96. The van der Waals surface area contributed by atoms with Gasteiger partial charge in [-0.2, -0.15) is 0 Å². The zero-order chi connectivity index (χ0) is 24.3. The average molecular weight is 463 g/mol. The fraction of sp³-hybridized carbons (Fsp3) is 0.346. The zero-order valence-electron chi connectivity index (χ0n) is 20.0. The minimum absolute atomic E-state index is 0.615. The Hall–Kier alpha value is -3.65. The Morgan fingerprint density at radius 2 is 2.06 bits per heavy atom. The van der Waals surface area contributed by atoms with Crippen molar-refractivity contribution in [3.8, 4) is 5.75 Å². The van der Waals surface area contributed by atoms with E-state index in [2.05, 4.69) is 14.9 Å². The summed E-state index contributed by atoms with van der Waals surface area (Å²) >= 11 is 0. The van der Waals surface area contributed by atoms with Crippen LogP contribution in [0.1, 0.15) is 29.8 Å². The summed E-state index contributed by atoms with van der Waals surface area (Å²) in [5.74, 6) is 0.836. The number of pyridine rings is 1. The molecular weight excluding hydrogens is 428 g/mol. The minimum Gasteiger partial charge on any atom is -0.497 e. The molecule has 0 unspecified atom stereocenters. The quantitative estimate of drug-likeness (QED) is 0.333. The second-order valence-corrected chi connectivity index (χ2v) is 8.33. The minimum atomic E-state index is 0.615. The number of rotatable bonds is 9. The van der Waals surface area contributed by atoms with Gasteiger partial charge >= 0.3 is 0 Å². The summed E-state index contributed by atoms with van der Waals surface area (Å²) in [4.78, 5) is 22.9. The normalized spacial score (nSPS) is 13.9. The highest BCUT2D eigenvalue weighted by Gasteiger charge is 2.12. The monoisotopic (exact) mass is 462 g/mol. The van der Waals surface area contributed by atoms with Crippen molar-refractivity contribution in [2.24, 2.45) is 5.73 Å². The van der Waals surface area contributed by atoms with E-state index in [-0.39, 0.29) is 0 Å². The maximum absolute atomic E-state index is 11.1. The predicted molar refractivity (Wildman–Crippen MR) is 137 cm³/mol. The smallest absolute Gasteiger partial charge is 0.210 e. The summed E-state index contributed by atoms with van der Waals surface area (Å²) in [5, 5.41) is 8.25. The molecule has 3 heterocycles. The van der Waals surface area contributed by atoms with Crippen LogP contribution in [-0.2, 0) is 11.3 Å². The molecule has 3 aromatic rings. The van der Waals surface area contributed by atoms with E-state index in [0.29, 0.717) is 17.8 Å². The fourth-order valence-corrected chi connectivity index (χ4v) is 3.96. The maximum Gasteiger partial charge on any atom is 0.210 e. The van der Waals surface area contributed by atoms with Crippen LogP contribution in [0.15, 0.2) is 48.7 Å². The molecule has 4 rings (SSSR count). The van der Waals surface area contributed by atoms with Crippen molar-refractivity contribution in [2.45, 2.75) is 26.3 Å². The Kier molecular flexibility index (Phi) is 9.22. The van der Waals surface area contributed by atoms with Crippen LogP contribution in [-0.4, -0.2) is 65.7 Å². The summed E-state index contributed by atoms with van der Waals surface area (Å²) in [6.45, 7) is 6.74. The van der Waals surface area contributed by atoms with E-state index >= 15 is 0 Å². The van der Waals surface area contributed by atoms with Gasteiger partial charge in [-0.15, -0.1) is 0 Å². The van der Waals surface area contributed by atoms with Crippen molar-refractivity contribution in [1.82, 2.24) is 19.8 Å². The van der Waals surface area contributed by atoms with Gasteiger partial charge in [-0.1, -0.05) is 12.1 Å². The third-order valence-electron chi connectivity index (χ3n) is 5.82. The number of carbonyl (C=O) groups is 1. The van der Waals surface area contributed by atoms with Crippen molar-refractivity contribution in [2.75, 3.05) is 33.3 Å². The highest BCUT2D eigenvalue weighted by Crippen LogP contribution is 2.17. The van der Waals surface area contributed by atoms with Crippen molar-refractivity contribution < 1.29 is 9.53 Å². The average Bonchev–Trinajstić information content (AvgIpc) is 3.51. The Labute approximate surface area is 200 Å². The number of nitrogens with one attached hydrogen (secondary N) is 2. The molecule has 0 radical (unpaired) electrons. The molecule has 1 amide bonds. The van der Waals surface area contributed by atoms with Crippen molar-refractivity contribution in [1.29, 1.82) is 5.41 Å². The number of aromatic amines is 1. The number of fused-ring (bicyclic) bond motifs is 1. The summed E-state index contributed by atoms with van der Waals surface area (Å²) in [5.41, 5.74) is 9.73. The molecule has 0 bridgehead atoms.